The van der Waals surface area contributed by atoms with E-state index in [0.717, 1.165) is 36.1 Å². The van der Waals surface area contributed by atoms with Gasteiger partial charge < -0.3 is 14.6 Å². The summed E-state index contributed by atoms with van der Waals surface area (Å²) < 4.78 is 5.26. The maximum atomic E-state index is 12.5. The number of para-hydroxylation sites is 1. The first-order valence-corrected chi connectivity index (χ1v) is 10.3. The summed E-state index contributed by atoms with van der Waals surface area (Å²) in [7, 11) is 0. The van der Waals surface area contributed by atoms with Crippen LogP contribution in [0.5, 0.6) is 0 Å². The van der Waals surface area contributed by atoms with Gasteiger partial charge in [0.05, 0.1) is 6.42 Å². The van der Waals surface area contributed by atoms with E-state index in [1.165, 1.54) is 11.1 Å². The van der Waals surface area contributed by atoms with Gasteiger partial charge in [0.2, 0.25) is 0 Å². The highest BCUT2D eigenvalue weighted by atomic mass is 16.5. The van der Waals surface area contributed by atoms with Crippen molar-refractivity contribution in [1.29, 1.82) is 0 Å². The van der Waals surface area contributed by atoms with Gasteiger partial charge >= 0.3 is 5.97 Å². The highest BCUT2D eigenvalue weighted by Gasteiger charge is 2.22. The predicted octanol–water partition coefficient (Wildman–Crippen LogP) is 2.91. The van der Waals surface area contributed by atoms with Gasteiger partial charge in [0.1, 0.15) is 0 Å². The molecule has 1 aromatic heterocycles. The molecule has 2 heterocycles. The lowest BCUT2D eigenvalue weighted by atomic mass is 10.1. The fourth-order valence-corrected chi connectivity index (χ4v) is 3.94. The first-order chi connectivity index (χ1) is 14.6. The summed E-state index contributed by atoms with van der Waals surface area (Å²) in [4.78, 5) is 31.9. The van der Waals surface area contributed by atoms with Gasteiger partial charge in [-0.3, -0.25) is 14.5 Å². The minimum absolute atomic E-state index is 0.127. The SMILES string of the molecule is Cc1cccc(CN2CCN(C(=O)COC(=O)Cc3c[nH]c4ccccc34)CC2)c1. The number of hydrogen-bond donors (Lipinski definition) is 1. The fourth-order valence-electron chi connectivity index (χ4n) is 3.94. The van der Waals surface area contributed by atoms with E-state index >= 15 is 0 Å². The summed E-state index contributed by atoms with van der Waals surface area (Å²) in [5.41, 5.74) is 4.42. The average Bonchev–Trinajstić information content (AvgIpc) is 3.15. The number of H-pyrrole nitrogens is 1. The molecule has 30 heavy (non-hydrogen) atoms. The molecule has 1 fully saturated rings. The molecule has 0 bridgehead atoms. The third kappa shape index (κ3) is 4.89. The molecule has 6 heteroatoms. The minimum Gasteiger partial charge on any atom is -0.455 e. The van der Waals surface area contributed by atoms with Gasteiger partial charge in [-0.1, -0.05) is 48.0 Å². The molecule has 3 aromatic rings. The molecule has 0 spiro atoms. The van der Waals surface area contributed by atoms with Crippen LogP contribution >= 0.6 is 0 Å². The van der Waals surface area contributed by atoms with E-state index in [0.29, 0.717) is 13.1 Å². The molecular formula is C24H27N3O3. The van der Waals surface area contributed by atoms with E-state index in [1.54, 1.807) is 4.90 Å². The molecule has 2 aromatic carbocycles. The van der Waals surface area contributed by atoms with Crippen LogP contribution in [-0.4, -0.2) is 59.4 Å². The van der Waals surface area contributed by atoms with Gasteiger partial charge in [-0.2, -0.15) is 0 Å². The fraction of sp³-hybridized carbons (Fsp3) is 0.333. The zero-order valence-corrected chi connectivity index (χ0v) is 17.3. The summed E-state index contributed by atoms with van der Waals surface area (Å²) in [6, 6.07) is 16.3. The molecule has 0 aliphatic carbocycles. The first-order valence-electron chi connectivity index (χ1n) is 10.3. The second-order valence-corrected chi connectivity index (χ2v) is 7.84. The molecule has 4 rings (SSSR count). The summed E-state index contributed by atoms with van der Waals surface area (Å²) in [6.07, 6.45) is 1.97. The average molecular weight is 405 g/mol. The van der Waals surface area contributed by atoms with Gasteiger partial charge in [-0.15, -0.1) is 0 Å². The van der Waals surface area contributed by atoms with Crippen molar-refractivity contribution in [2.24, 2.45) is 0 Å². The molecule has 0 unspecified atom stereocenters. The number of aromatic nitrogens is 1. The highest BCUT2D eigenvalue weighted by Crippen LogP contribution is 2.18. The monoisotopic (exact) mass is 405 g/mol. The first kappa shape index (κ1) is 20.2. The van der Waals surface area contributed by atoms with Crippen LogP contribution in [0.2, 0.25) is 0 Å². The second-order valence-electron chi connectivity index (χ2n) is 7.84. The number of carbonyl (C=O) groups is 2. The van der Waals surface area contributed by atoms with E-state index < -0.39 is 0 Å². The van der Waals surface area contributed by atoms with E-state index in [2.05, 4.69) is 41.1 Å². The quantitative estimate of drug-likeness (QED) is 0.641. The molecule has 6 nitrogen and oxygen atoms in total. The Morgan fingerprint density at radius 2 is 1.83 bits per heavy atom. The van der Waals surface area contributed by atoms with E-state index in [4.69, 9.17) is 4.74 Å². The number of esters is 1. The number of aryl methyl sites for hydroxylation is 1. The Balaban J connectivity index is 1.21. The van der Waals surface area contributed by atoms with Gasteiger partial charge in [-0.05, 0) is 24.1 Å². The van der Waals surface area contributed by atoms with Crippen LogP contribution < -0.4 is 0 Å². The molecule has 1 aliphatic heterocycles. The van der Waals surface area contributed by atoms with Crippen molar-refractivity contribution < 1.29 is 14.3 Å². The van der Waals surface area contributed by atoms with Crippen molar-refractivity contribution in [2.45, 2.75) is 19.9 Å². The van der Waals surface area contributed by atoms with Crippen LogP contribution in [0.3, 0.4) is 0 Å². The Kier molecular flexibility index (Phi) is 6.14. The van der Waals surface area contributed by atoms with Crippen LogP contribution in [0, 0.1) is 6.92 Å². The lowest BCUT2D eigenvalue weighted by Crippen LogP contribution is -2.49. The number of hydrogen-bond acceptors (Lipinski definition) is 4. The van der Waals surface area contributed by atoms with Crippen LogP contribution in [-0.2, 0) is 27.3 Å². The summed E-state index contributed by atoms with van der Waals surface area (Å²) in [5.74, 6) is -0.510. The van der Waals surface area contributed by atoms with Crippen molar-refractivity contribution in [2.75, 3.05) is 32.8 Å². The Labute approximate surface area is 176 Å². The van der Waals surface area contributed by atoms with Crippen molar-refractivity contribution >= 4 is 22.8 Å². The third-order valence-electron chi connectivity index (χ3n) is 5.58. The van der Waals surface area contributed by atoms with Crippen molar-refractivity contribution in [3.63, 3.8) is 0 Å². The third-order valence-corrected chi connectivity index (χ3v) is 5.58. The molecule has 0 atom stereocenters. The Morgan fingerprint density at radius 3 is 2.63 bits per heavy atom. The Morgan fingerprint density at radius 1 is 1.03 bits per heavy atom. The molecule has 1 saturated heterocycles. The van der Waals surface area contributed by atoms with Crippen molar-refractivity contribution in [1.82, 2.24) is 14.8 Å². The van der Waals surface area contributed by atoms with Crippen LogP contribution in [0.15, 0.2) is 54.7 Å². The van der Waals surface area contributed by atoms with E-state index in [-0.39, 0.29) is 24.9 Å². The van der Waals surface area contributed by atoms with Crippen LogP contribution in [0.4, 0.5) is 0 Å². The van der Waals surface area contributed by atoms with Crippen LogP contribution in [0.1, 0.15) is 16.7 Å². The van der Waals surface area contributed by atoms with Crippen LogP contribution in [0.25, 0.3) is 10.9 Å². The molecule has 0 radical (unpaired) electrons. The maximum Gasteiger partial charge on any atom is 0.310 e. The highest BCUT2D eigenvalue weighted by molar-refractivity contribution is 5.88. The molecule has 156 valence electrons. The summed E-state index contributed by atoms with van der Waals surface area (Å²) in [5, 5.41) is 1.01. The number of nitrogens with zero attached hydrogens (tertiary/aromatic N) is 2. The zero-order valence-electron chi connectivity index (χ0n) is 17.3. The topological polar surface area (TPSA) is 65.6 Å². The number of rotatable bonds is 6. The number of piperazine rings is 1. The number of nitrogens with one attached hydrogen (secondary N) is 1. The summed E-state index contributed by atoms with van der Waals surface area (Å²) in [6.45, 7) is 5.75. The van der Waals surface area contributed by atoms with E-state index in [9.17, 15) is 9.59 Å². The molecule has 0 saturated carbocycles. The molecule has 1 N–H and O–H groups in total. The minimum atomic E-state index is -0.383. The number of carbonyl (C=O) groups excluding carboxylic acids is 2. The number of benzene rings is 2. The van der Waals surface area contributed by atoms with Crippen molar-refractivity contribution in [3.05, 3.63) is 71.4 Å². The Hall–Kier alpha value is -3.12. The number of fused-ring (bicyclic) bond motifs is 1. The zero-order chi connectivity index (χ0) is 20.9. The lowest BCUT2D eigenvalue weighted by Gasteiger charge is -2.34. The van der Waals surface area contributed by atoms with E-state index in [1.807, 2.05) is 30.5 Å². The predicted molar refractivity (Wildman–Crippen MR) is 116 cm³/mol. The lowest BCUT2D eigenvalue weighted by molar-refractivity contribution is -0.152. The maximum absolute atomic E-state index is 12.5. The standard InChI is InChI=1S/C24H27N3O3/c1-18-5-4-6-19(13-18)16-26-9-11-27(12-10-26)23(28)17-30-24(29)14-20-15-25-22-8-3-2-7-21(20)22/h2-8,13,15,25H,9-12,14,16-17H2,1H3. The smallest absolute Gasteiger partial charge is 0.310 e. The Bertz CT molecular complexity index is 1030. The molecular weight excluding hydrogens is 378 g/mol. The second kappa shape index (κ2) is 9.13. The molecule has 1 aliphatic rings. The van der Waals surface area contributed by atoms with Gasteiger partial charge in [0.15, 0.2) is 6.61 Å². The van der Waals surface area contributed by atoms with Gasteiger partial charge in [-0.25, -0.2) is 0 Å². The summed E-state index contributed by atoms with van der Waals surface area (Å²) >= 11 is 0. The number of aromatic amines is 1. The number of ether oxygens (including phenoxy) is 1. The largest absolute Gasteiger partial charge is 0.455 e. The van der Waals surface area contributed by atoms with Crippen molar-refractivity contribution in [3.8, 4) is 0 Å². The molecule has 1 amide bonds. The number of amides is 1. The van der Waals surface area contributed by atoms with Gasteiger partial charge in [0, 0.05) is 49.8 Å². The van der Waals surface area contributed by atoms with Gasteiger partial charge in [0.25, 0.3) is 5.91 Å². The normalized spacial score (nSPS) is 14.8.